The van der Waals surface area contributed by atoms with Gasteiger partial charge in [-0.3, -0.25) is 37.3 Å². The molecule has 0 amide bonds. The van der Waals surface area contributed by atoms with Gasteiger partial charge >= 0.3 is 39.5 Å². The van der Waals surface area contributed by atoms with Gasteiger partial charge in [-0.2, -0.15) is 0 Å². The summed E-state index contributed by atoms with van der Waals surface area (Å²) in [6, 6.07) is 0. The lowest BCUT2D eigenvalue weighted by Crippen LogP contribution is -2.30. The van der Waals surface area contributed by atoms with Gasteiger partial charge in [0, 0.05) is 25.7 Å². The van der Waals surface area contributed by atoms with Crippen LogP contribution in [0.1, 0.15) is 396 Å². The van der Waals surface area contributed by atoms with Crippen LogP contribution in [0.25, 0.3) is 0 Å². The lowest BCUT2D eigenvalue weighted by Gasteiger charge is -2.21. The molecule has 0 saturated heterocycles. The molecular weight excluding hydrogens is 1270 g/mol. The summed E-state index contributed by atoms with van der Waals surface area (Å²) in [4.78, 5) is 72.8. The van der Waals surface area contributed by atoms with E-state index in [9.17, 15) is 43.2 Å². The van der Waals surface area contributed by atoms with Crippen molar-refractivity contribution in [3.63, 3.8) is 0 Å². The highest BCUT2D eigenvalue weighted by molar-refractivity contribution is 7.47. The fourth-order valence-electron chi connectivity index (χ4n) is 11.8. The molecule has 0 aromatic rings. The summed E-state index contributed by atoms with van der Waals surface area (Å²) < 4.78 is 68.5. The molecule has 0 saturated carbocycles. The highest BCUT2D eigenvalue weighted by Crippen LogP contribution is 2.45. The zero-order valence-electron chi connectivity index (χ0n) is 63.7. The Morgan fingerprint density at radius 1 is 0.289 bits per heavy atom. The van der Waals surface area contributed by atoms with E-state index in [1.807, 2.05) is 0 Å². The highest BCUT2D eigenvalue weighted by atomic mass is 31.2. The Hall–Kier alpha value is -1.94. The normalized spacial score (nSPS) is 14.6. The van der Waals surface area contributed by atoms with E-state index in [2.05, 4.69) is 55.4 Å². The van der Waals surface area contributed by atoms with Crippen LogP contribution in [0, 0.1) is 23.7 Å². The van der Waals surface area contributed by atoms with Crippen LogP contribution in [0.3, 0.4) is 0 Å². The summed E-state index contributed by atoms with van der Waals surface area (Å²) in [5.74, 6) is 0.978. The molecule has 0 fully saturated rings. The maximum absolute atomic E-state index is 13.1. The monoisotopic (exact) mass is 1420 g/mol. The van der Waals surface area contributed by atoms with Gasteiger partial charge < -0.3 is 33.8 Å². The van der Waals surface area contributed by atoms with Gasteiger partial charge in [-0.05, 0) is 49.4 Å². The topological polar surface area (TPSA) is 237 Å². The highest BCUT2D eigenvalue weighted by Gasteiger charge is 2.30. The Bertz CT molecular complexity index is 1910. The average molecular weight is 1420 g/mol. The first-order chi connectivity index (χ1) is 46.7. The molecular formula is C78H152O17P2. The third kappa shape index (κ3) is 69.5. The lowest BCUT2D eigenvalue weighted by molar-refractivity contribution is -0.161. The first-order valence-electron chi connectivity index (χ1n) is 40.3. The zero-order chi connectivity index (χ0) is 71.7. The van der Waals surface area contributed by atoms with Crippen molar-refractivity contribution in [3.8, 4) is 0 Å². The van der Waals surface area contributed by atoms with Crippen LogP contribution in [0.15, 0.2) is 0 Å². The first kappa shape index (κ1) is 95.1. The second kappa shape index (κ2) is 67.2. The molecule has 3 N–H and O–H groups in total. The van der Waals surface area contributed by atoms with E-state index in [1.54, 1.807) is 0 Å². The van der Waals surface area contributed by atoms with Gasteiger partial charge in [0.25, 0.3) is 0 Å². The van der Waals surface area contributed by atoms with Crippen molar-refractivity contribution in [1.29, 1.82) is 0 Å². The molecule has 0 bridgehead atoms. The molecule has 0 aromatic carbocycles. The number of aliphatic hydroxyl groups is 1. The number of esters is 4. The van der Waals surface area contributed by atoms with E-state index in [0.29, 0.717) is 31.6 Å². The number of hydrogen-bond acceptors (Lipinski definition) is 15. The molecule has 576 valence electrons. The van der Waals surface area contributed by atoms with Gasteiger partial charge in [0.1, 0.15) is 19.3 Å². The van der Waals surface area contributed by atoms with Gasteiger partial charge in [0.15, 0.2) is 12.2 Å². The number of carbonyl (C=O) groups excluding carboxylic acids is 4. The van der Waals surface area contributed by atoms with Crippen LogP contribution >= 0.6 is 15.6 Å². The van der Waals surface area contributed by atoms with Crippen LogP contribution in [-0.4, -0.2) is 96.7 Å². The van der Waals surface area contributed by atoms with E-state index in [0.717, 1.165) is 114 Å². The van der Waals surface area contributed by atoms with Crippen molar-refractivity contribution in [2.45, 2.75) is 414 Å². The van der Waals surface area contributed by atoms with Crippen LogP contribution in [0.2, 0.25) is 0 Å². The molecule has 0 aliphatic carbocycles. The van der Waals surface area contributed by atoms with Crippen molar-refractivity contribution >= 4 is 39.5 Å². The van der Waals surface area contributed by atoms with E-state index in [-0.39, 0.29) is 25.7 Å². The molecule has 7 atom stereocenters. The number of unbranched alkanes of at least 4 members (excludes halogenated alkanes) is 39. The Balaban J connectivity index is 5.15. The summed E-state index contributed by atoms with van der Waals surface area (Å²) in [7, 11) is -9.91. The fourth-order valence-corrected chi connectivity index (χ4v) is 13.4. The van der Waals surface area contributed by atoms with Gasteiger partial charge in [0.05, 0.1) is 26.4 Å². The predicted octanol–water partition coefficient (Wildman–Crippen LogP) is 22.8. The first-order valence-corrected chi connectivity index (χ1v) is 43.3. The minimum atomic E-state index is -4.96. The fraction of sp³-hybridized carbons (Fsp3) is 0.949. The maximum atomic E-state index is 13.1. The van der Waals surface area contributed by atoms with Gasteiger partial charge in [0.2, 0.25) is 0 Å². The summed E-state index contributed by atoms with van der Waals surface area (Å²) in [5, 5.41) is 10.6. The summed E-state index contributed by atoms with van der Waals surface area (Å²) in [5.41, 5.74) is 0. The largest absolute Gasteiger partial charge is 0.472 e. The van der Waals surface area contributed by atoms with Crippen LogP contribution in [0.4, 0.5) is 0 Å². The summed E-state index contributed by atoms with van der Waals surface area (Å²) in [6.45, 7) is 14.2. The Kier molecular flexibility index (Phi) is 65.9. The molecule has 0 rings (SSSR count). The molecule has 97 heavy (non-hydrogen) atoms. The van der Waals surface area contributed by atoms with Gasteiger partial charge in [-0.15, -0.1) is 0 Å². The van der Waals surface area contributed by atoms with Crippen LogP contribution in [0.5, 0.6) is 0 Å². The molecule has 19 heteroatoms. The number of aliphatic hydroxyl groups excluding tert-OH is 1. The van der Waals surface area contributed by atoms with E-state index < -0.39 is 97.5 Å². The molecule has 0 spiro atoms. The summed E-state index contributed by atoms with van der Waals surface area (Å²) >= 11 is 0. The molecule has 0 radical (unpaired) electrons. The van der Waals surface area contributed by atoms with E-state index in [1.165, 1.54) is 193 Å². The van der Waals surface area contributed by atoms with E-state index >= 15 is 0 Å². The number of phosphoric ester groups is 2. The molecule has 0 heterocycles. The minimum Gasteiger partial charge on any atom is -0.462 e. The quantitative estimate of drug-likeness (QED) is 0.0222. The number of carbonyl (C=O) groups is 4. The second-order valence-corrected chi connectivity index (χ2v) is 32.4. The predicted molar refractivity (Wildman–Crippen MR) is 395 cm³/mol. The SMILES string of the molecule is CCC(C)CCCCCCCCCCCCCCCCCCCCC(=O)OC[C@H](COP(=O)(O)OCC(O)COP(=O)(O)OC[C@@H](COC(=O)CCCCCCCCCC(C)C)OC(=O)CCCCCCCCCCCCC(C)CC)OC(=O)CCCCCCCCCCC(C)C. The molecule has 0 aromatic heterocycles. The van der Waals surface area contributed by atoms with Crippen molar-refractivity contribution in [2.24, 2.45) is 23.7 Å². The van der Waals surface area contributed by atoms with Crippen LogP contribution < -0.4 is 0 Å². The van der Waals surface area contributed by atoms with Crippen molar-refractivity contribution in [3.05, 3.63) is 0 Å². The number of hydrogen-bond donors (Lipinski definition) is 3. The van der Waals surface area contributed by atoms with Crippen molar-refractivity contribution < 1.29 is 80.2 Å². The van der Waals surface area contributed by atoms with Gasteiger partial charge in [-0.25, -0.2) is 9.13 Å². The maximum Gasteiger partial charge on any atom is 0.472 e. The van der Waals surface area contributed by atoms with Crippen molar-refractivity contribution in [1.82, 2.24) is 0 Å². The Labute approximate surface area is 594 Å². The molecule has 0 aliphatic rings. The molecule has 5 unspecified atom stereocenters. The number of phosphoric acid groups is 2. The lowest BCUT2D eigenvalue weighted by atomic mass is 9.99. The Morgan fingerprint density at radius 3 is 0.732 bits per heavy atom. The van der Waals surface area contributed by atoms with E-state index in [4.69, 9.17) is 37.0 Å². The standard InChI is InChI=1S/C78H152O17P2/c1-9-70(7)56-48-40-32-23-19-17-15-13-11-12-14-16-18-20-25-34-42-50-58-75(80)88-64-73(95-78(83)61-53-45-36-28-27-30-38-46-54-68(3)4)66-92-96(84,85)90-62-72(79)63-91-97(86,87)93-67-74(65-89-76(81)59-51-43-37-29-31-39-47-55-69(5)6)94-77(82)60-52-44-35-26-22-21-24-33-41-49-57-71(8)10-2/h68-74,79H,9-67H2,1-8H3,(H,84,85)(H,86,87)/t70?,71?,72?,73-,74-/m1/s1. The number of ether oxygens (including phenoxy) is 4. The Morgan fingerprint density at radius 2 is 0.495 bits per heavy atom. The van der Waals surface area contributed by atoms with Crippen LogP contribution in [-0.2, 0) is 65.4 Å². The number of rotatable bonds is 75. The van der Waals surface area contributed by atoms with Crippen molar-refractivity contribution in [2.75, 3.05) is 39.6 Å². The third-order valence-corrected chi connectivity index (χ3v) is 20.7. The smallest absolute Gasteiger partial charge is 0.462 e. The average Bonchev–Trinajstić information content (AvgIpc) is 1.82. The minimum absolute atomic E-state index is 0.105. The second-order valence-electron chi connectivity index (χ2n) is 29.5. The zero-order valence-corrected chi connectivity index (χ0v) is 65.5. The van der Waals surface area contributed by atoms with Gasteiger partial charge in [-0.1, -0.05) is 344 Å². The molecule has 0 aliphatic heterocycles. The summed E-state index contributed by atoms with van der Waals surface area (Å²) in [6.07, 6.45) is 52.9. The molecule has 17 nitrogen and oxygen atoms in total. The third-order valence-electron chi connectivity index (χ3n) is 18.8.